The summed E-state index contributed by atoms with van der Waals surface area (Å²) in [6, 6.07) is 11.7. The maximum Gasteiger partial charge on any atom is 0.230 e. The predicted octanol–water partition coefficient (Wildman–Crippen LogP) is 2.36. The van der Waals surface area contributed by atoms with Gasteiger partial charge in [-0.1, -0.05) is 30.3 Å². The lowest BCUT2D eigenvalue weighted by molar-refractivity contribution is -0.119. The molecule has 0 saturated heterocycles. The number of hydrogen-bond donors (Lipinski definition) is 2. The third kappa shape index (κ3) is 4.75. The van der Waals surface area contributed by atoms with Gasteiger partial charge in [-0.3, -0.25) is 4.79 Å². The van der Waals surface area contributed by atoms with Gasteiger partial charge in [-0.25, -0.2) is 0 Å². The lowest BCUT2D eigenvalue weighted by Gasteiger charge is -2.09. The Hall–Kier alpha value is -1.72. The summed E-state index contributed by atoms with van der Waals surface area (Å²) in [5.41, 5.74) is 1.87. The van der Waals surface area contributed by atoms with Crippen LogP contribution in [0.15, 0.2) is 53.3 Å². The highest BCUT2D eigenvalue weighted by Gasteiger charge is 2.10. The van der Waals surface area contributed by atoms with Crippen molar-refractivity contribution >= 4 is 17.7 Å². The van der Waals surface area contributed by atoms with Crippen molar-refractivity contribution < 1.29 is 14.3 Å². The lowest BCUT2D eigenvalue weighted by atomic mass is 10.2. The molecule has 1 amide bonds. The minimum absolute atomic E-state index is 0.0755. The first-order valence-electron chi connectivity index (χ1n) is 6.34. The van der Waals surface area contributed by atoms with Crippen LogP contribution in [-0.4, -0.2) is 23.3 Å². The number of carbonyl (C=O) groups is 1. The van der Waals surface area contributed by atoms with Crippen molar-refractivity contribution in [1.82, 2.24) is 5.32 Å². The zero-order valence-corrected chi connectivity index (χ0v) is 11.8. The first-order chi connectivity index (χ1) is 9.75. The topological polar surface area (TPSA) is 62.5 Å². The summed E-state index contributed by atoms with van der Waals surface area (Å²) >= 11 is 1.55. The van der Waals surface area contributed by atoms with Crippen LogP contribution in [0.1, 0.15) is 17.2 Å². The highest BCUT2D eigenvalue weighted by Crippen LogP contribution is 2.13. The molecule has 0 unspecified atom stereocenters. The SMILES string of the molecule is O=C(CSCc1ccccc1)NC[C@@H](O)c1ccoc1. The fourth-order valence-electron chi connectivity index (χ4n) is 1.68. The fourth-order valence-corrected chi connectivity index (χ4v) is 2.50. The average molecular weight is 291 g/mol. The van der Waals surface area contributed by atoms with Gasteiger partial charge in [-0.05, 0) is 11.6 Å². The molecule has 2 N–H and O–H groups in total. The molecule has 2 aromatic rings. The molecule has 0 radical (unpaired) electrons. The fraction of sp³-hybridized carbons (Fsp3) is 0.267. The molecule has 0 fully saturated rings. The number of aliphatic hydroxyl groups is 1. The largest absolute Gasteiger partial charge is 0.472 e. The molecular weight excluding hydrogens is 274 g/mol. The molecule has 0 aliphatic heterocycles. The number of hydrogen-bond acceptors (Lipinski definition) is 4. The summed E-state index contributed by atoms with van der Waals surface area (Å²) in [6.07, 6.45) is 2.24. The molecule has 1 aromatic carbocycles. The average Bonchev–Trinajstić information content (AvgIpc) is 3.00. The second-order valence-electron chi connectivity index (χ2n) is 4.35. The van der Waals surface area contributed by atoms with E-state index in [1.165, 1.54) is 18.1 Å². The number of furan rings is 1. The van der Waals surface area contributed by atoms with E-state index in [4.69, 9.17) is 4.42 Å². The zero-order valence-electron chi connectivity index (χ0n) is 11.0. The van der Waals surface area contributed by atoms with Gasteiger partial charge in [0.25, 0.3) is 0 Å². The molecule has 20 heavy (non-hydrogen) atoms. The van der Waals surface area contributed by atoms with Gasteiger partial charge >= 0.3 is 0 Å². The van der Waals surface area contributed by atoms with Gasteiger partial charge in [-0.15, -0.1) is 11.8 Å². The molecular formula is C15H17NO3S. The molecule has 1 heterocycles. The Kier molecular flexibility index (Phi) is 5.70. The molecule has 2 rings (SSSR count). The molecule has 106 valence electrons. The minimum atomic E-state index is -0.725. The van der Waals surface area contributed by atoms with Gasteiger partial charge in [0, 0.05) is 17.9 Å². The maximum atomic E-state index is 11.6. The van der Waals surface area contributed by atoms with E-state index in [2.05, 4.69) is 5.32 Å². The highest BCUT2D eigenvalue weighted by atomic mass is 32.2. The van der Waals surface area contributed by atoms with Crippen LogP contribution < -0.4 is 5.32 Å². The normalized spacial score (nSPS) is 12.1. The number of carbonyl (C=O) groups excluding carboxylic acids is 1. The molecule has 4 nitrogen and oxygen atoms in total. The van der Waals surface area contributed by atoms with E-state index in [1.54, 1.807) is 17.8 Å². The number of aliphatic hydroxyl groups excluding tert-OH is 1. The second-order valence-corrected chi connectivity index (χ2v) is 5.34. The number of rotatable bonds is 7. The molecule has 0 aliphatic rings. The summed E-state index contributed by atoms with van der Waals surface area (Å²) in [4.78, 5) is 11.6. The van der Waals surface area contributed by atoms with Gasteiger partial charge in [0.2, 0.25) is 5.91 Å². The van der Waals surface area contributed by atoms with E-state index < -0.39 is 6.10 Å². The summed E-state index contributed by atoms with van der Waals surface area (Å²) < 4.78 is 4.88. The number of amides is 1. The van der Waals surface area contributed by atoms with Gasteiger partial charge in [-0.2, -0.15) is 0 Å². The first-order valence-corrected chi connectivity index (χ1v) is 7.49. The monoisotopic (exact) mass is 291 g/mol. The van der Waals surface area contributed by atoms with Crippen LogP contribution in [0.25, 0.3) is 0 Å². The van der Waals surface area contributed by atoms with Crippen molar-refractivity contribution in [3.63, 3.8) is 0 Å². The quantitative estimate of drug-likeness (QED) is 0.822. The number of thioether (sulfide) groups is 1. The first kappa shape index (κ1) is 14.7. The Labute approximate surface area is 122 Å². The van der Waals surface area contributed by atoms with Crippen LogP contribution in [0, 0.1) is 0 Å². The van der Waals surface area contributed by atoms with Crippen LogP contribution in [0.4, 0.5) is 0 Å². The van der Waals surface area contributed by atoms with E-state index in [0.717, 1.165) is 5.75 Å². The molecule has 0 aliphatic carbocycles. The lowest BCUT2D eigenvalue weighted by Crippen LogP contribution is -2.29. The van der Waals surface area contributed by atoms with E-state index in [1.807, 2.05) is 30.3 Å². The minimum Gasteiger partial charge on any atom is -0.472 e. The zero-order chi connectivity index (χ0) is 14.2. The van der Waals surface area contributed by atoms with Gasteiger partial charge < -0.3 is 14.8 Å². The van der Waals surface area contributed by atoms with Crippen molar-refractivity contribution in [2.24, 2.45) is 0 Å². The van der Waals surface area contributed by atoms with E-state index >= 15 is 0 Å². The molecule has 0 spiro atoms. The van der Waals surface area contributed by atoms with Crippen molar-refractivity contribution in [1.29, 1.82) is 0 Å². The van der Waals surface area contributed by atoms with Crippen molar-refractivity contribution in [2.45, 2.75) is 11.9 Å². The highest BCUT2D eigenvalue weighted by molar-refractivity contribution is 7.99. The van der Waals surface area contributed by atoms with E-state index in [9.17, 15) is 9.90 Å². The standard InChI is InChI=1S/C15H17NO3S/c17-14(13-6-7-19-9-13)8-16-15(18)11-20-10-12-4-2-1-3-5-12/h1-7,9,14,17H,8,10-11H2,(H,16,18)/t14-/m1/s1. The summed E-state index contributed by atoms with van der Waals surface area (Å²) in [7, 11) is 0. The van der Waals surface area contributed by atoms with Crippen molar-refractivity contribution in [3.8, 4) is 0 Å². The predicted molar refractivity (Wildman–Crippen MR) is 79.3 cm³/mol. The molecule has 0 saturated carbocycles. The Morgan fingerprint density at radius 1 is 1.30 bits per heavy atom. The van der Waals surface area contributed by atoms with Crippen molar-refractivity contribution in [3.05, 3.63) is 60.1 Å². The van der Waals surface area contributed by atoms with Gasteiger partial charge in [0.05, 0.1) is 24.4 Å². The number of nitrogens with one attached hydrogen (secondary N) is 1. The van der Waals surface area contributed by atoms with Crippen LogP contribution in [0.3, 0.4) is 0 Å². The third-order valence-electron chi connectivity index (χ3n) is 2.77. The molecule has 5 heteroatoms. The molecule has 1 atom stereocenters. The smallest absolute Gasteiger partial charge is 0.230 e. The molecule has 0 bridgehead atoms. The summed E-state index contributed by atoms with van der Waals surface area (Å²) in [5, 5.41) is 12.5. The second kappa shape index (κ2) is 7.77. The van der Waals surface area contributed by atoms with Crippen molar-refractivity contribution in [2.75, 3.05) is 12.3 Å². The Morgan fingerprint density at radius 3 is 2.80 bits per heavy atom. The summed E-state index contributed by atoms with van der Waals surface area (Å²) in [5.74, 6) is 1.11. The van der Waals surface area contributed by atoms with Crippen LogP contribution in [0.2, 0.25) is 0 Å². The van der Waals surface area contributed by atoms with Crippen LogP contribution >= 0.6 is 11.8 Å². The Morgan fingerprint density at radius 2 is 2.10 bits per heavy atom. The van der Waals surface area contributed by atoms with Gasteiger partial charge in [0.1, 0.15) is 0 Å². The number of benzene rings is 1. The van der Waals surface area contributed by atoms with Gasteiger partial charge in [0.15, 0.2) is 0 Å². The van der Waals surface area contributed by atoms with E-state index in [-0.39, 0.29) is 12.5 Å². The Balaban J connectivity index is 1.63. The summed E-state index contributed by atoms with van der Waals surface area (Å²) in [6.45, 7) is 0.199. The van der Waals surface area contributed by atoms with E-state index in [0.29, 0.717) is 11.3 Å². The van der Waals surface area contributed by atoms with Crippen LogP contribution in [0.5, 0.6) is 0 Å². The van der Waals surface area contributed by atoms with Crippen LogP contribution in [-0.2, 0) is 10.5 Å². The maximum absolute atomic E-state index is 11.6. The third-order valence-corrected chi connectivity index (χ3v) is 3.77. The Bertz CT molecular complexity index is 513. The molecule has 1 aromatic heterocycles.